The molecule has 4 aromatic rings. The smallest absolute Gasteiger partial charge is 0.336 e. The zero-order valence-corrected chi connectivity index (χ0v) is 24.9. The summed E-state index contributed by atoms with van der Waals surface area (Å²) in [5, 5.41) is 11.2. The predicted molar refractivity (Wildman–Crippen MR) is 150 cm³/mol. The molecule has 0 spiro atoms. The van der Waals surface area contributed by atoms with Crippen LogP contribution < -0.4 is 21.7 Å². The zero-order valence-electron chi connectivity index (χ0n) is 22.4. The number of anilines is 2. The Morgan fingerprint density at radius 1 is 1.04 bits per heavy atom. The molecule has 242 valence electrons. The van der Waals surface area contributed by atoms with E-state index in [9.17, 15) is 23.2 Å². The van der Waals surface area contributed by atoms with Gasteiger partial charge in [0.2, 0.25) is 5.95 Å². The van der Waals surface area contributed by atoms with Gasteiger partial charge in [-0.3, -0.25) is 23.4 Å². The van der Waals surface area contributed by atoms with Crippen molar-refractivity contribution in [2.45, 2.75) is 49.1 Å². The number of alkyl halides is 1. The minimum absolute atomic E-state index is 0.0644. The van der Waals surface area contributed by atoms with Gasteiger partial charge in [-0.2, -0.15) is 18.1 Å². The number of rotatable bonds is 2. The second-order valence-corrected chi connectivity index (χ2v) is 14.3. The van der Waals surface area contributed by atoms with Crippen LogP contribution in [0.15, 0.2) is 23.8 Å². The number of nitrogens with two attached hydrogens (primary N) is 2. The van der Waals surface area contributed by atoms with Gasteiger partial charge in [-0.15, -0.1) is 0 Å². The molecule has 8 N–H and O–H groups in total. The predicted octanol–water partition coefficient (Wildman–Crippen LogP) is -2.53. The number of aliphatic hydroxyl groups is 1. The summed E-state index contributed by atoms with van der Waals surface area (Å²) in [5.41, 5.74) is 10.8. The van der Waals surface area contributed by atoms with Crippen molar-refractivity contribution in [1.29, 1.82) is 0 Å². The normalized spacial score (nSPS) is 35.5. The van der Waals surface area contributed by atoms with Gasteiger partial charge >= 0.3 is 17.0 Å². The Bertz CT molecular complexity index is 2010. The van der Waals surface area contributed by atoms with E-state index < -0.39 is 84.9 Å². The lowest BCUT2D eigenvalue weighted by molar-refractivity contribution is -0.0456. The molecule has 7 heterocycles. The number of hydrogen-bond donors (Lipinski definition) is 6. The molecule has 0 aromatic carbocycles. The Labute approximate surface area is 255 Å². The Morgan fingerprint density at radius 2 is 1.76 bits per heavy atom. The number of nitrogen functional groups attached to an aromatic ring is 2. The average molecular weight is 692 g/mol. The first-order chi connectivity index (χ1) is 21.3. The molecular formula is C20H23FN11O10PS2. The van der Waals surface area contributed by atoms with E-state index in [4.69, 9.17) is 46.0 Å². The van der Waals surface area contributed by atoms with E-state index in [-0.39, 0.29) is 34.1 Å². The molecule has 21 nitrogen and oxygen atoms in total. The lowest BCUT2D eigenvalue weighted by Crippen LogP contribution is -2.45. The summed E-state index contributed by atoms with van der Waals surface area (Å²) in [6, 6.07) is 0. The first-order valence-corrected chi connectivity index (χ1v) is 16.9. The van der Waals surface area contributed by atoms with Crippen LogP contribution >= 0.6 is 6.72 Å². The van der Waals surface area contributed by atoms with Crippen molar-refractivity contribution in [3.05, 3.63) is 29.3 Å². The average Bonchev–Trinajstić information content (AvgIpc) is 3.72. The molecule has 0 radical (unpaired) electrons. The van der Waals surface area contributed by atoms with Crippen LogP contribution in [0, 0.1) is 0 Å². The number of aromatic amines is 1. The van der Waals surface area contributed by atoms with E-state index in [0.717, 1.165) is 10.9 Å². The number of nitrogens with zero attached hydrogens (tertiary/aromatic N) is 7. The summed E-state index contributed by atoms with van der Waals surface area (Å²) in [5.74, 6) is -0.218. The van der Waals surface area contributed by atoms with Crippen molar-refractivity contribution in [3.63, 3.8) is 0 Å². The van der Waals surface area contributed by atoms with Crippen molar-refractivity contribution in [1.82, 2.24) is 43.8 Å². The summed E-state index contributed by atoms with van der Waals surface area (Å²) in [7, 11) is -4.74. The van der Waals surface area contributed by atoms with Crippen LogP contribution in [0.5, 0.6) is 0 Å². The minimum Gasteiger partial charge on any atom is -0.386 e. The van der Waals surface area contributed by atoms with Gasteiger partial charge in [0, 0.05) is 6.54 Å². The van der Waals surface area contributed by atoms with Crippen LogP contribution in [0.25, 0.3) is 22.3 Å². The maximum Gasteiger partial charge on any atom is 0.336 e. The number of aromatic nitrogens is 8. The summed E-state index contributed by atoms with van der Waals surface area (Å²) in [4.78, 5) is 45.4. The van der Waals surface area contributed by atoms with Gasteiger partial charge in [-0.25, -0.2) is 28.5 Å². The molecule has 7 rings (SSSR count). The maximum atomic E-state index is 15.9. The second kappa shape index (κ2) is 10.9. The first kappa shape index (κ1) is 30.4. The first-order valence-electron chi connectivity index (χ1n) is 12.9. The van der Waals surface area contributed by atoms with Gasteiger partial charge in [-0.1, -0.05) is 0 Å². The number of fused-ring (bicyclic) bond motifs is 4. The SMILES string of the molecule is Nc1nc2c(ncn2[C@@H]2O[C@@H]3COP(O)(=S)O[C@H]4[C@@H](O)[C@H](n5cnc6c(N)ncnc65)O[C@@H]4CNS(=O)(=O)O[C@H]3[C@H]2F)c(=O)[nH]1. The van der Waals surface area contributed by atoms with E-state index in [2.05, 4.69) is 34.6 Å². The Kier molecular flexibility index (Phi) is 7.36. The molecule has 0 bridgehead atoms. The van der Waals surface area contributed by atoms with Gasteiger partial charge in [-0.05, 0) is 11.8 Å². The fraction of sp³-hybridized carbons (Fsp3) is 0.500. The summed E-state index contributed by atoms with van der Waals surface area (Å²) in [6.07, 6.45) is -9.22. The number of nitrogens with one attached hydrogen (secondary N) is 2. The van der Waals surface area contributed by atoms with Crippen LogP contribution in [0.2, 0.25) is 0 Å². The van der Waals surface area contributed by atoms with E-state index in [0.29, 0.717) is 0 Å². The fourth-order valence-corrected chi connectivity index (χ4v) is 7.72. The third-order valence-corrected chi connectivity index (χ3v) is 9.87. The number of ether oxygens (including phenoxy) is 2. The third kappa shape index (κ3) is 5.36. The van der Waals surface area contributed by atoms with Crippen molar-refractivity contribution in [2.75, 3.05) is 24.6 Å². The summed E-state index contributed by atoms with van der Waals surface area (Å²) < 4.78 is 74.4. The highest BCUT2D eigenvalue weighted by molar-refractivity contribution is 8.07. The number of hydrogen-bond acceptors (Lipinski definition) is 17. The molecule has 1 unspecified atom stereocenters. The lowest BCUT2D eigenvalue weighted by atomic mass is 10.1. The Balaban J connectivity index is 1.17. The highest BCUT2D eigenvalue weighted by Crippen LogP contribution is 2.50. The van der Waals surface area contributed by atoms with Crippen molar-refractivity contribution >= 4 is 62.9 Å². The Morgan fingerprint density at radius 3 is 2.53 bits per heavy atom. The van der Waals surface area contributed by atoms with Crippen LogP contribution in [-0.4, -0.2) is 107 Å². The third-order valence-electron chi connectivity index (χ3n) is 7.32. The van der Waals surface area contributed by atoms with Gasteiger partial charge in [0.05, 0.1) is 19.3 Å². The van der Waals surface area contributed by atoms with Crippen molar-refractivity contribution < 1.29 is 45.5 Å². The van der Waals surface area contributed by atoms with Crippen LogP contribution in [0.3, 0.4) is 0 Å². The molecule has 0 amide bonds. The van der Waals surface area contributed by atoms with Crippen LogP contribution in [0.1, 0.15) is 12.5 Å². The molecule has 0 saturated carbocycles. The lowest BCUT2D eigenvalue weighted by Gasteiger charge is -2.28. The molecule has 45 heavy (non-hydrogen) atoms. The van der Waals surface area contributed by atoms with Gasteiger partial charge in [0.25, 0.3) is 5.56 Å². The van der Waals surface area contributed by atoms with E-state index in [1.807, 2.05) is 0 Å². The summed E-state index contributed by atoms with van der Waals surface area (Å²) in [6.45, 7) is -5.55. The minimum atomic E-state index is -4.74. The van der Waals surface area contributed by atoms with Gasteiger partial charge < -0.3 is 35.5 Å². The number of halogens is 1. The van der Waals surface area contributed by atoms with Crippen molar-refractivity contribution in [3.8, 4) is 0 Å². The number of imidazole rings is 2. The molecule has 3 fully saturated rings. The number of H-pyrrole nitrogens is 1. The molecular weight excluding hydrogens is 668 g/mol. The number of aliphatic hydroxyl groups excluding tert-OH is 1. The van der Waals surface area contributed by atoms with E-state index >= 15 is 4.39 Å². The largest absolute Gasteiger partial charge is 0.386 e. The maximum absolute atomic E-state index is 15.9. The van der Waals surface area contributed by atoms with Crippen LogP contribution in [0.4, 0.5) is 16.2 Å². The highest BCUT2D eigenvalue weighted by atomic mass is 32.5. The fourth-order valence-electron chi connectivity index (χ4n) is 5.31. The molecule has 3 saturated heterocycles. The Hall–Kier alpha value is -3.29. The monoisotopic (exact) mass is 691 g/mol. The van der Waals surface area contributed by atoms with Gasteiger partial charge in [0.1, 0.15) is 42.4 Å². The highest BCUT2D eigenvalue weighted by Gasteiger charge is 2.53. The standard InChI is InChI=1S/C20H23FN11O10PS2/c21-8-12-7(40-18(8)32-5-27-10-16(32)29-20(23)30-17(10)34)2-38-43(35,44)41-13-6(1-28-45(36,37)42-12)39-19(11(13)33)31-4-26-9-14(22)24-3-25-15(9)31/h3-8,11-13,18-19,28,33H,1-2H2,(H,35,44)(H2,22,24,25)(H3,23,29,30,34)/t6-,7-,8-,11-,12-,13-,18-,19-,43?/m1/s1. The molecule has 9 atom stereocenters. The topological polar surface area (TPSA) is 292 Å². The molecule has 4 aromatic heterocycles. The molecule has 25 heteroatoms. The van der Waals surface area contributed by atoms with E-state index in [1.54, 1.807) is 0 Å². The summed E-state index contributed by atoms with van der Waals surface area (Å²) >= 11 is 5.16. The zero-order chi connectivity index (χ0) is 31.8. The molecule has 3 aliphatic heterocycles. The second-order valence-electron chi connectivity index (χ2n) is 10.1. The van der Waals surface area contributed by atoms with Gasteiger partial charge in [0.15, 0.2) is 41.3 Å². The molecule has 3 aliphatic rings. The quantitative estimate of drug-likeness (QED) is 0.118. The van der Waals surface area contributed by atoms with Crippen LogP contribution in [-0.2, 0) is 44.8 Å². The van der Waals surface area contributed by atoms with E-state index in [1.165, 1.54) is 17.2 Å². The van der Waals surface area contributed by atoms with Crippen molar-refractivity contribution in [2.24, 2.45) is 0 Å². The molecule has 0 aliphatic carbocycles.